The van der Waals surface area contributed by atoms with Crippen LogP contribution in [0.5, 0.6) is 0 Å². The minimum atomic E-state index is 0. The molecule has 0 fully saturated rings. The monoisotopic (exact) mass is 441 g/mol. The van der Waals surface area contributed by atoms with E-state index in [1.165, 1.54) is 5.57 Å². The van der Waals surface area contributed by atoms with Gasteiger partial charge in [0.05, 0.1) is 5.52 Å². The van der Waals surface area contributed by atoms with Crippen molar-refractivity contribution in [3.05, 3.63) is 59.3 Å². The van der Waals surface area contributed by atoms with E-state index < -0.39 is 0 Å². The van der Waals surface area contributed by atoms with Gasteiger partial charge in [-0.3, -0.25) is 25.4 Å². The number of aromatic nitrogens is 1. The molecule has 0 bridgehead atoms. The molecule has 28 heavy (non-hydrogen) atoms. The van der Waals surface area contributed by atoms with E-state index in [1.807, 2.05) is 30.5 Å². The van der Waals surface area contributed by atoms with Crippen molar-refractivity contribution in [2.75, 3.05) is 25.0 Å². The molecule has 0 unspecified atom stereocenters. The Morgan fingerprint density at radius 1 is 1.04 bits per heavy atom. The molecule has 0 saturated carbocycles. The number of fused-ring (bicyclic) bond motifs is 1. The van der Waals surface area contributed by atoms with E-state index in [0.717, 1.165) is 42.6 Å². The number of pyridine rings is 1. The predicted octanol–water partition coefficient (Wildman–Crippen LogP) is 2.95. The molecular formula is C20H21ClMnN3O3. The molecule has 3 rings (SSSR count). The summed E-state index contributed by atoms with van der Waals surface area (Å²) in [4.78, 5) is 27.6. The summed E-state index contributed by atoms with van der Waals surface area (Å²) >= 11 is 6.00. The normalized spacial score (nSPS) is 10.7. The van der Waals surface area contributed by atoms with Crippen molar-refractivity contribution >= 4 is 48.6 Å². The van der Waals surface area contributed by atoms with Gasteiger partial charge < -0.3 is 25.0 Å². The van der Waals surface area contributed by atoms with E-state index in [9.17, 15) is 0 Å². The molecule has 1 aliphatic carbocycles. The molecule has 0 aliphatic heterocycles. The van der Waals surface area contributed by atoms with Crippen LogP contribution < -0.4 is 10.6 Å². The SMILES string of the molecule is Clc1ccc2c(NCCNCC3=CC=CC3)ccnc2c1.[CH-]=O.[CH-]=O.[CH-]=O.[Mn+3]. The summed E-state index contributed by atoms with van der Waals surface area (Å²) in [7, 11) is 0. The molecule has 0 atom stereocenters. The standard InChI is InChI=1S/C17H18ClN3.3CHO.Mn/c18-14-5-6-15-16(7-8-20-17(15)11-14)21-10-9-19-12-13-3-1-2-4-13;3*1-2;/h1-3,5-8,11,19H,4,9-10,12H2,(H,20,21);3*1H;/q;3*-1;+3. The Balaban J connectivity index is 0. The van der Waals surface area contributed by atoms with Gasteiger partial charge in [-0.15, -0.1) is 0 Å². The zero-order chi connectivity index (χ0) is 20.5. The van der Waals surface area contributed by atoms with Crippen LogP contribution in [0, 0.1) is 0 Å². The van der Waals surface area contributed by atoms with Gasteiger partial charge in [0.25, 0.3) is 0 Å². The van der Waals surface area contributed by atoms with Crippen molar-refractivity contribution < 1.29 is 31.5 Å². The van der Waals surface area contributed by atoms with Crippen LogP contribution in [0.25, 0.3) is 10.9 Å². The van der Waals surface area contributed by atoms with Crippen LogP contribution in [0.2, 0.25) is 5.02 Å². The van der Waals surface area contributed by atoms with Gasteiger partial charge in [-0.25, -0.2) is 0 Å². The van der Waals surface area contributed by atoms with Gasteiger partial charge in [-0.1, -0.05) is 35.4 Å². The van der Waals surface area contributed by atoms with E-state index in [1.54, 1.807) is 0 Å². The zero-order valence-electron chi connectivity index (χ0n) is 15.1. The molecule has 1 aromatic carbocycles. The van der Waals surface area contributed by atoms with Crippen molar-refractivity contribution in [3.8, 4) is 0 Å². The van der Waals surface area contributed by atoms with Gasteiger partial charge in [0.2, 0.25) is 0 Å². The molecule has 0 amide bonds. The van der Waals surface area contributed by atoms with Crippen LogP contribution >= 0.6 is 11.6 Å². The van der Waals surface area contributed by atoms with Crippen LogP contribution in [0.3, 0.4) is 0 Å². The molecule has 0 spiro atoms. The molecule has 1 aromatic heterocycles. The third-order valence-corrected chi connectivity index (χ3v) is 3.76. The fourth-order valence-electron chi connectivity index (χ4n) is 2.43. The number of rotatable bonds is 6. The first-order valence-electron chi connectivity index (χ1n) is 7.87. The molecular weight excluding hydrogens is 421 g/mol. The first-order valence-corrected chi connectivity index (χ1v) is 8.25. The third kappa shape index (κ3) is 9.57. The topological polar surface area (TPSA) is 88.2 Å². The summed E-state index contributed by atoms with van der Waals surface area (Å²) in [5, 5.41) is 8.72. The second-order valence-corrected chi connectivity index (χ2v) is 5.52. The molecule has 0 saturated heterocycles. The average Bonchev–Trinajstić information content (AvgIpc) is 3.25. The maximum atomic E-state index is 7.75. The molecule has 0 radical (unpaired) electrons. The van der Waals surface area contributed by atoms with Crippen molar-refractivity contribution in [1.29, 1.82) is 0 Å². The number of hydrogen-bond acceptors (Lipinski definition) is 6. The van der Waals surface area contributed by atoms with Crippen molar-refractivity contribution in [3.63, 3.8) is 0 Å². The smallest absolute Gasteiger partial charge is 0.545 e. The fraction of sp³-hybridized carbons (Fsp3) is 0.200. The number of anilines is 1. The number of allylic oxidation sites excluding steroid dienone is 3. The number of benzene rings is 1. The summed E-state index contributed by atoms with van der Waals surface area (Å²) in [5.41, 5.74) is 3.46. The number of halogens is 1. The summed E-state index contributed by atoms with van der Waals surface area (Å²) in [5.74, 6) is 0. The Hall–Kier alpha value is -2.31. The maximum absolute atomic E-state index is 7.75. The molecule has 1 heterocycles. The Morgan fingerprint density at radius 2 is 1.75 bits per heavy atom. The molecule has 8 heteroatoms. The zero-order valence-corrected chi connectivity index (χ0v) is 17.0. The van der Waals surface area contributed by atoms with Crippen molar-refractivity contribution in [2.24, 2.45) is 0 Å². The Kier molecular flexibility index (Phi) is 18.0. The summed E-state index contributed by atoms with van der Waals surface area (Å²) < 4.78 is 0. The number of hydrogen-bond donors (Lipinski definition) is 2. The van der Waals surface area contributed by atoms with E-state index in [4.69, 9.17) is 26.0 Å². The van der Waals surface area contributed by atoms with Gasteiger partial charge >= 0.3 is 17.1 Å². The second kappa shape index (κ2) is 18.1. The Labute approximate surface area is 180 Å². The molecule has 148 valence electrons. The van der Waals surface area contributed by atoms with Crippen molar-refractivity contribution in [2.45, 2.75) is 6.42 Å². The first-order chi connectivity index (χ1) is 13.3. The van der Waals surface area contributed by atoms with Crippen LogP contribution in [-0.2, 0) is 31.5 Å². The maximum Gasteiger partial charge on any atom is 3.00 e. The van der Waals surface area contributed by atoms with Crippen LogP contribution in [0.15, 0.2) is 54.3 Å². The van der Waals surface area contributed by atoms with E-state index in [0.29, 0.717) is 5.02 Å². The number of carbonyl (C=O) groups excluding carboxylic acids is 3. The summed E-state index contributed by atoms with van der Waals surface area (Å²) in [6.07, 6.45) is 9.37. The number of nitrogens with zero attached hydrogens (tertiary/aromatic N) is 1. The largest absolute Gasteiger partial charge is 3.00 e. The predicted molar refractivity (Wildman–Crippen MR) is 110 cm³/mol. The van der Waals surface area contributed by atoms with E-state index >= 15 is 0 Å². The minimum Gasteiger partial charge on any atom is -0.545 e. The van der Waals surface area contributed by atoms with E-state index in [-0.39, 0.29) is 17.1 Å². The van der Waals surface area contributed by atoms with Gasteiger partial charge in [0.1, 0.15) is 0 Å². The van der Waals surface area contributed by atoms with Gasteiger partial charge in [0.15, 0.2) is 0 Å². The van der Waals surface area contributed by atoms with Gasteiger partial charge in [-0.2, -0.15) is 0 Å². The summed E-state index contributed by atoms with van der Waals surface area (Å²) in [6.45, 7) is 12.5. The Bertz CT molecular complexity index is 752. The van der Waals surface area contributed by atoms with Crippen LogP contribution in [0.1, 0.15) is 6.42 Å². The average molecular weight is 442 g/mol. The fourth-order valence-corrected chi connectivity index (χ4v) is 2.60. The van der Waals surface area contributed by atoms with Gasteiger partial charge in [-0.05, 0) is 30.7 Å². The quantitative estimate of drug-likeness (QED) is 0.310. The van der Waals surface area contributed by atoms with E-state index in [2.05, 4.69) is 54.2 Å². The van der Waals surface area contributed by atoms with Crippen LogP contribution in [-0.4, -0.2) is 45.0 Å². The summed E-state index contributed by atoms with van der Waals surface area (Å²) in [6, 6.07) is 7.80. The van der Waals surface area contributed by atoms with Crippen molar-refractivity contribution in [1.82, 2.24) is 10.3 Å². The third-order valence-electron chi connectivity index (χ3n) is 3.52. The molecule has 6 nitrogen and oxygen atoms in total. The first kappa shape index (κ1) is 27.9. The molecule has 1 aliphatic rings. The number of nitrogens with one attached hydrogen (secondary N) is 2. The Morgan fingerprint density at radius 3 is 2.39 bits per heavy atom. The molecule has 2 aromatic rings. The molecule has 2 N–H and O–H groups in total. The minimum absolute atomic E-state index is 0. The van der Waals surface area contributed by atoms with Crippen LogP contribution in [0.4, 0.5) is 5.69 Å². The van der Waals surface area contributed by atoms with Gasteiger partial charge in [0, 0.05) is 41.9 Å². The second-order valence-electron chi connectivity index (χ2n) is 5.08.